The molecule has 0 aliphatic carbocycles. The van der Waals surface area contributed by atoms with Crippen LogP contribution in [0.2, 0.25) is 0 Å². The minimum atomic E-state index is -3.27. The highest BCUT2D eigenvalue weighted by molar-refractivity contribution is 7.88. The third-order valence-corrected chi connectivity index (χ3v) is 2.96. The molecule has 0 spiro atoms. The van der Waals surface area contributed by atoms with Crippen LogP contribution in [0.15, 0.2) is 18.2 Å². The number of nitrogens with zero attached hydrogens (tertiary/aromatic N) is 1. The van der Waals surface area contributed by atoms with Crippen LogP contribution in [0.3, 0.4) is 0 Å². The predicted molar refractivity (Wildman–Crippen MR) is 71.2 cm³/mol. The fourth-order valence-electron chi connectivity index (χ4n) is 1.57. The quantitative estimate of drug-likeness (QED) is 0.612. The van der Waals surface area contributed by atoms with E-state index in [1.165, 1.54) is 0 Å². The van der Waals surface area contributed by atoms with Crippen molar-refractivity contribution in [1.82, 2.24) is 4.83 Å². The maximum Gasteiger partial charge on any atom is 0.225 e. The number of nitrogen functional groups attached to an aromatic ring is 1. The van der Waals surface area contributed by atoms with Gasteiger partial charge in [0.05, 0.1) is 11.9 Å². The predicted octanol–water partition coefficient (Wildman–Crippen LogP) is 1.12. The number of hydrazine groups is 1. The lowest BCUT2D eigenvalue weighted by atomic mass is 10.1. The molecule has 1 aromatic carbocycles. The highest BCUT2D eigenvalue weighted by atomic mass is 32.2. The Morgan fingerprint density at radius 3 is 2.47 bits per heavy atom. The van der Waals surface area contributed by atoms with E-state index in [0.717, 1.165) is 29.6 Å². The van der Waals surface area contributed by atoms with E-state index in [-0.39, 0.29) is 0 Å². The number of nitrogens with one attached hydrogen (secondary N) is 1. The largest absolute Gasteiger partial charge is 0.399 e. The Bertz CT molecular complexity index is 485. The van der Waals surface area contributed by atoms with E-state index in [4.69, 9.17) is 5.73 Å². The van der Waals surface area contributed by atoms with Gasteiger partial charge in [-0.05, 0) is 37.1 Å². The lowest BCUT2D eigenvalue weighted by molar-refractivity contribution is 0.583. The molecule has 0 fully saturated rings. The van der Waals surface area contributed by atoms with Crippen LogP contribution in [0.5, 0.6) is 0 Å². The fraction of sp³-hybridized carbons (Fsp3) is 0.455. The summed E-state index contributed by atoms with van der Waals surface area (Å²) in [6, 6.07) is 5.49. The van der Waals surface area contributed by atoms with Crippen LogP contribution < -0.4 is 15.6 Å². The molecular formula is C11H19N3O2S. The topological polar surface area (TPSA) is 75.4 Å². The Balaban J connectivity index is 3.04. The van der Waals surface area contributed by atoms with Crippen LogP contribution in [0.25, 0.3) is 0 Å². The molecule has 0 saturated carbocycles. The molecule has 0 aliphatic heterocycles. The molecule has 1 rings (SSSR count). The van der Waals surface area contributed by atoms with Crippen LogP contribution in [0.1, 0.15) is 19.4 Å². The van der Waals surface area contributed by atoms with Gasteiger partial charge in [0.2, 0.25) is 10.0 Å². The van der Waals surface area contributed by atoms with Crippen LogP contribution in [-0.4, -0.2) is 21.2 Å². The molecule has 0 atom stereocenters. The van der Waals surface area contributed by atoms with Crippen molar-refractivity contribution in [3.05, 3.63) is 23.8 Å². The Hall–Kier alpha value is -1.27. The molecule has 6 heteroatoms. The second-order valence-corrected chi connectivity index (χ2v) is 5.57. The van der Waals surface area contributed by atoms with E-state index in [1.807, 2.05) is 19.9 Å². The normalized spacial score (nSPS) is 11.5. The third-order valence-electron chi connectivity index (χ3n) is 2.41. The van der Waals surface area contributed by atoms with Crippen molar-refractivity contribution in [2.75, 3.05) is 23.5 Å². The van der Waals surface area contributed by atoms with Gasteiger partial charge in [-0.1, -0.05) is 6.92 Å². The zero-order valence-corrected chi connectivity index (χ0v) is 11.2. The first kappa shape index (κ1) is 13.8. The second kappa shape index (κ2) is 5.37. The van der Waals surface area contributed by atoms with Gasteiger partial charge in [-0.15, -0.1) is 4.83 Å². The highest BCUT2D eigenvalue weighted by Gasteiger charge is 2.10. The van der Waals surface area contributed by atoms with Gasteiger partial charge in [-0.2, -0.15) is 0 Å². The molecular weight excluding hydrogens is 238 g/mol. The van der Waals surface area contributed by atoms with Crippen LogP contribution >= 0.6 is 0 Å². The van der Waals surface area contributed by atoms with Gasteiger partial charge in [0.15, 0.2) is 0 Å². The van der Waals surface area contributed by atoms with E-state index in [1.54, 1.807) is 17.1 Å². The van der Waals surface area contributed by atoms with Crippen molar-refractivity contribution in [3.63, 3.8) is 0 Å². The van der Waals surface area contributed by atoms with Gasteiger partial charge in [-0.25, -0.2) is 8.42 Å². The average molecular weight is 257 g/mol. The summed E-state index contributed by atoms with van der Waals surface area (Å²) in [5.74, 6) is 0. The molecule has 0 amide bonds. The number of hydrogen-bond donors (Lipinski definition) is 2. The van der Waals surface area contributed by atoms with E-state index >= 15 is 0 Å². The summed E-state index contributed by atoms with van der Waals surface area (Å²) in [7, 11) is -3.27. The van der Waals surface area contributed by atoms with Gasteiger partial charge in [0.25, 0.3) is 0 Å². The number of hydrogen-bond acceptors (Lipinski definition) is 4. The van der Waals surface area contributed by atoms with Crippen molar-refractivity contribution in [3.8, 4) is 0 Å². The summed E-state index contributed by atoms with van der Waals surface area (Å²) in [5, 5.41) is 1.58. The highest BCUT2D eigenvalue weighted by Crippen LogP contribution is 2.20. The van der Waals surface area contributed by atoms with E-state index in [2.05, 4.69) is 4.83 Å². The molecule has 0 saturated heterocycles. The molecule has 17 heavy (non-hydrogen) atoms. The van der Waals surface area contributed by atoms with E-state index in [9.17, 15) is 8.42 Å². The minimum Gasteiger partial charge on any atom is -0.399 e. The maximum absolute atomic E-state index is 11.2. The van der Waals surface area contributed by atoms with Crippen LogP contribution in [0.4, 0.5) is 11.4 Å². The van der Waals surface area contributed by atoms with E-state index < -0.39 is 10.0 Å². The molecule has 96 valence electrons. The van der Waals surface area contributed by atoms with Crippen molar-refractivity contribution in [1.29, 1.82) is 0 Å². The smallest absolute Gasteiger partial charge is 0.225 e. The molecule has 5 nitrogen and oxygen atoms in total. The summed E-state index contributed by atoms with van der Waals surface area (Å²) in [6.45, 7) is 4.43. The Kier molecular flexibility index (Phi) is 4.36. The maximum atomic E-state index is 11.2. The van der Waals surface area contributed by atoms with Crippen LogP contribution in [0, 0.1) is 0 Å². The zero-order valence-electron chi connectivity index (χ0n) is 10.4. The lowest BCUT2D eigenvalue weighted by Gasteiger charge is -2.23. The first-order valence-electron chi connectivity index (χ1n) is 5.50. The van der Waals surface area contributed by atoms with Gasteiger partial charge >= 0.3 is 0 Å². The summed E-state index contributed by atoms with van der Waals surface area (Å²) >= 11 is 0. The minimum absolute atomic E-state index is 0.542. The van der Waals surface area contributed by atoms with Crippen molar-refractivity contribution in [2.45, 2.75) is 20.3 Å². The average Bonchev–Trinajstić information content (AvgIpc) is 2.25. The van der Waals surface area contributed by atoms with Gasteiger partial charge in [-0.3, -0.25) is 5.01 Å². The monoisotopic (exact) mass is 257 g/mol. The van der Waals surface area contributed by atoms with Crippen LogP contribution in [-0.2, 0) is 16.4 Å². The Labute approximate surface area is 103 Å². The van der Waals surface area contributed by atoms with Gasteiger partial charge < -0.3 is 5.73 Å². The molecule has 0 heterocycles. The number of rotatable bonds is 5. The molecule has 0 radical (unpaired) electrons. The number of aryl methyl sites for hydroxylation is 1. The first-order valence-corrected chi connectivity index (χ1v) is 7.40. The SMILES string of the molecule is CCc1cc(N(CC)NS(C)(=O)=O)ccc1N. The van der Waals surface area contributed by atoms with Gasteiger partial charge in [0, 0.05) is 12.2 Å². The van der Waals surface area contributed by atoms with E-state index in [0.29, 0.717) is 6.54 Å². The second-order valence-electron chi connectivity index (χ2n) is 3.84. The summed E-state index contributed by atoms with van der Waals surface area (Å²) in [6.07, 6.45) is 1.95. The standard InChI is InChI=1S/C11H19N3O2S/c1-4-9-8-10(6-7-11(9)12)14(5-2)13-17(3,15)16/h6-8,13H,4-5,12H2,1-3H3. The van der Waals surface area contributed by atoms with Crippen molar-refractivity contribution < 1.29 is 8.42 Å². The number of benzene rings is 1. The van der Waals surface area contributed by atoms with Crippen molar-refractivity contribution >= 4 is 21.4 Å². The molecule has 1 aromatic rings. The number of sulfonamides is 1. The molecule has 0 aliphatic rings. The molecule has 0 aromatic heterocycles. The Morgan fingerprint density at radius 2 is 2.00 bits per heavy atom. The summed E-state index contributed by atoms with van der Waals surface area (Å²) < 4.78 is 22.4. The molecule has 0 unspecified atom stereocenters. The van der Waals surface area contributed by atoms with Gasteiger partial charge in [0.1, 0.15) is 0 Å². The number of nitrogens with two attached hydrogens (primary N) is 1. The number of anilines is 2. The van der Waals surface area contributed by atoms with Crippen molar-refractivity contribution in [2.24, 2.45) is 0 Å². The summed E-state index contributed by atoms with van der Waals surface area (Å²) in [5.41, 5.74) is 8.35. The molecule has 3 N–H and O–H groups in total. The Morgan fingerprint density at radius 1 is 1.35 bits per heavy atom. The molecule has 0 bridgehead atoms. The zero-order chi connectivity index (χ0) is 13.1. The first-order chi connectivity index (χ1) is 7.87. The third kappa shape index (κ3) is 3.90. The lowest BCUT2D eigenvalue weighted by Crippen LogP contribution is -2.41. The fourth-order valence-corrected chi connectivity index (χ4v) is 2.20. The summed E-state index contributed by atoms with van der Waals surface area (Å²) in [4.78, 5) is 2.46.